The van der Waals surface area contributed by atoms with Crippen molar-refractivity contribution in [1.82, 2.24) is 14.5 Å². The number of benzene rings is 3. The molecule has 0 radical (unpaired) electrons. The molecule has 0 fully saturated rings. The number of halogens is 1. The summed E-state index contributed by atoms with van der Waals surface area (Å²) in [7, 11) is 0. The van der Waals surface area contributed by atoms with Crippen molar-refractivity contribution in [3.8, 4) is 16.8 Å². The van der Waals surface area contributed by atoms with Crippen molar-refractivity contribution in [3.63, 3.8) is 0 Å². The fourth-order valence-corrected chi connectivity index (χ4v) is 4.23. The van der Waals surface area contributed by atoms with Crippen molar-refractivity contribution in [2.24, 2.45) is 0 Å². The quantitative estimate of drug-likeness (QED) is 0.340. The second kappa shape index (κ2) is 9.45. The molecule has 1 N–H and O–H groups in total. The van der Waals surface area contributed by atoms with Crippen LogP contribution in [0.2, 0.25) is 5.02 Å². The smallest absolute Gasteiger partial charge is 0.150 e. The van der Waals surface area contributed by atoms with Crippen molar-refractivity contribution in [2.75, 3.05) is 18.1 Å². The minimum absolute atomic E-state index is 0.0247. The average Bonchev–Trinajstić information content (AvgIpc) is 3.25. The Bertz CT molecular complexity index is 1350. The first-order chi connectivity index (χ1) is 16.2. The van der Waals surface area contributed by atoms with Crippen LogP contribution < -0.4 is 4.90 Å². The summed E-state index contributed by atoms with van der Waals surface area (Å²) in [5.41, 5.74) is 5.03. The highest BCUT2D eigenvalue weighted by Crippen LogP contribution is 2.37. The molecule has 0 saturated carbocycles. The van der Waals surface area contributed by atoms with Gasteiger partial charge in [0.1, 0.15) is 12.1 Å². The van der Waals surface area contributed by atoms with Crippen LogP contribution in [0.1, 0.15) is 5.56 Å². The number of aromatic nitrogens is 3. The van der Waals surface area contributed by atoms with Crippen LogP contribution in [0.4, 0.5) is 5.82 Å². The summed E-state index contributed by atoms with van der Waals surface area (Å²) in [6, 6.07) is 28.2. The van der Waals surface area contributed by atoms with Gasteiger partial charge in [0.25, 0.3) is 0 Å². The lowest BCUT2D eigenvalue weighted by Gasteiger charge is -2.24. The minimum Gasteiger partial charge on any atom is -0.395 e. The van der Waals surface area contributed by atoms with E-state index in [1.807, 2.05) is 60.7 Å². The molecule has 0 bridgehead atoms. The Hall–Kier alpha value is -3.67. The van der Waals surface area contributed by atoms with E-state index in [0.29, 0.717) is 18.1 Å². The average molecular weight is 455 g/mol. The first-order valence-electron chi connectivity index (χ1n) is 10.8. The lowest BCUT2D eigenvalue weighted by atomic mass is 10.1. The highest BCUT2D eigenvalue weighted by atomic mass is 35.5. The molecule has 0 unspecified atom stereocenters. The first kappa shape index (κ1) is 21.2. The van der Waals surface area contributed by atoms with E-state index >= 15 is 0 Å². The predicted octanol–water partition coefficient (Wildman–Crippen LogP) is 5.74. The second-order valence-electron chi connectivity index (χ2n) is 7.78. The molecular weight excluding hydrogens is 432 g/mol. The van der Waals surface area contributed by atoms with Gasteiger partial charge in [-0.05, 0) is 35.4 Å². The molecule has 2 aromatic heterocycles. The number of nitrogens with zero attached hydrogens (tertiary/aromatic N) is 4. The van der Waals surface area contributed by atoms with E-state index in [1.54, 1.807) is 6.33 Å². The van der Waals surface area contributed by atoms with Gasteiger partial charge in [0.05, 0.1) is 12.0 Å². The van der Waals surface area contributed by atoms with E-state index in [-0.39, 0.29) is 6.61 Å². The van der Waals surface area contributed by atoms with Gasteiger partial charge in [-0.25, -0.2) is 9.97 Å². The van der Waals surface area contributed by atoms with Crippen molar-refractivity contribution < 1.29 is 5.11 Å². The summed E-state index contributed by atoms with van der Waals surface area (Å²) in [6.45, 7) is 1.12. The van der Waals surface area contributed by atoms with Crippen LogP contribution in [0.5, 0.6) is 0 Å². The van der Waals surface area contributed by atoms with Crippen LogP contribution in [0.25, 0.3) is 27.8 Å². The summed E-state index contributed by atoms with van der Waals surface area (Å²) in [4.78, 5) is 11.5. The Labute approximate surface area is 197 Å². The van der Waals surface area contributed by atoms with E-state index in [1.165, 1.54) is 0 Å². The van der Waals surface area contributed by atoms with Gasteiger partial charge in [-0.2, -0.15) is 0 Å². The van der Waals surface area contributed by atoms with E-state index in [2.05, 4.69) is 44.9 Å². The predicted molar refractivity (Wildman–Crippen MR) is 134 cm³/mol. The molecule has 0 spiro atoms. The minimum atomic E-state index is 0.0247. The van der Waals surface area contributed by atoms with Gasteiger partial charge in [0.15, 0.2) is 5.65 Å². The fourth-order valence-electron chi connectivity index (χ4n) is 4.10. The number of aliphatic hydroxyl groups is 1. The van der Waals surface area contributed by atoms with Crippen LogP contribution in [0.15, 0.2) is 97.5 Å². The zero-order valence-electron chi connectivity index (χ0n) is 18.0. The third-order valence-electron chi connectivity index (χ3n) is 5.64. The molecule has 5 aromatic rings. The first-order valence-corrected chi connectivity index (χ1v) is 11.2. The normalized spacial score (nSPS) is 11.1. The maximum absolute atomic E-state index is 9.84. The third kappa shape index (κ3) is 4.33. The molecule has 2 heterocycles. The standard InChI is InChI=1S/C27H23ClN4O/c28-22-11-13-23(14-12-22)32-18-24(21-9-5-2-6-10-21)25-26(29-19-30-27(25)32)31(15-16-33)17-20-7-3-1-4-8-20/h1-14,18-19,33H,15-17H2. The summed E-state index contributed by atoms with van der Waals surface area (Å²) in [5.74, 6) is 0.796. The maximum atomic E-state index is 9.84. The van der Waals surface area contributed by atoms with Crippen molar-refractivity contribution in [1.29, 1.82) is 0 Å². The van der Waals surface area contributed by atoms with Crippen LogP contribution in [0, 0.1) is 0 Å². The molecule has 3 aromatic carbocycles. The van der Waals surface area contributed by atoms with Crippen molar-refractivity contribution >= 4 is 28.5 Å². The summed E-state index contributed by atoms with van der Waals surface area (Å²) >= 11 is 6.13. The number of aliphatic hydroxyl groups excluding tert-OH is 1. The maximum Gasteiger partial charge on any atom is 0.150 e. The zero-order valence-corrected chi connectivity index (χ0v) is 18.7. The topological polar surface area (TPSA) is 54.2 Å². The molecule has 164 valence electrons. The SMILES string of the molecule is OCCN(Cc1ccccc1)c1ncnc2c1c(-c1ccccc1)cn2-c1ccc(Cl)cc1. The van der Waals surface area contributed by atoms with Crippen molar-refractivity contribution in [3.05, 3.63) is 108 Å². The zero-order chi connectivity index (χ0) is 22.6. The molecule has 0 amide bonds. The van der Waals surface area contributed by atoms with Gasteiger partial charge in [0, 0.05) is 35.6 Å². The summed E-state index contributed by atoms with van der Waals surface area (Å²) < 4.78 is 2.07. The molecule has 6 heteroatoms. The lowest BCUT2D eigenvalue weighted by Crippen LogP contribution is -2.27. The Balaban J connectivity index is 1.73. The van der Waals surface area contributed by atoms with Gasteiger partial charge in [-0.1, -0.05) is 72.3 Å². The van der Waals surface area contributed by atoms with Crippen LogP contribution in [-0.2, 0) is 6.54 Å². The van der Waals surface area contributed by atoms with E-state index in [0.717, 1.165) is 39.2 Å². The van der Waals surface area contributed by atoms with Crippen molar-refractivity contribution in [2.45, 2.75) is 6.54 Å². The van der Waals surface area contributed by atoms with E-state index in [4.69, 9.17) is 16.6 Å². The molecule has 0 aliphatic heterocycles. The molecule has 0 aliphatic rings. The lowest BCUT2D eigenvalue weighted by molar-refractivity contribution is 0.301. The van der Waals surface area contributed by atoms with E-state index in [9.17, 15) is 5.11 Å². The van der Waals surface area contributed by atoms with E-state index < -0.39 is 0 Å². The number of hydrogen-bond donors (Lipinski definition) is 1. The van der Waals surface area contributed by atoms with Gasteiger partial charge in [-0.15, -0.1) is 0 Å². The highest BCUT2D eigenvalue weighted by Gasteiger charge is 2.21. The Morgan fingerprint density at radius 3 is 2.24 bits per heavy atom. The number of anilines is 1. The number of hydrogen-bond acceptors (Lipinski definition) is 4. The van der Waals surface area contributed by atoms with Gasteiger partial charge < -0.3 is 14.6 Å². The third-order valence-corrected chi connectivity index (χ3v) is 5.89. The molecule has 0 atom stereocenters. The molecule has 0 aliphatic carbocycles. The molecule has 5 nitrogen and oxygen atoms in total. The Morgan fingerprint density at radius 1 is 0.848 bits per heavy atom. The van der Waals surface area contributed by atoms with Crippen LogP contribution >= 0.6 is 11.6 Å². The van der Waals surface area contributed by atoms with Gasteiger partial charge >= 0.3 is 0 Å². The molecule has 33 heavy (non-hydrogen) atoms. The Morgan fingerprint density at radius 2 is 1.55 bits per heavy atom. The fraction of sp³-hybridized carbons (Fsp3) is 0.111. The molecule has 5 rings (SSSR count). The Kier molecular flexibility index (Phi) is 6.07. The van der Waals surface area contributed by atoms with Gasteiger partial charge in [-0.3, -0.25) is 0 Å². The molecule has 0 saturated heterocycles. The number of rotatable bonds is 7. The van der Waals surface area contributed by atoms with Crippen LogP contribution in [-0.4, -0.2) is 32.8 Å². The number of fused-ring (bicyclic) bond motifs is 1. The largest absolute Gasteiger partial charge is 0.395 e. The van der Waals surface area contributed by atoms with Crippen LogP contribution in [0.3, 0.4) is 0 Å². The highest BCUT2D eigenvalue weighted by molar-refractivity contribution is 6.30. The summed E-state index contributed by atoms with van der Waals surface area (Å²) in [5, 5.41) is 11.5. The summed E-state index contributed by atoms with van der Waals surface area (Å²) in [6.07, 6.45) is 3.69. The second-order valence-corrected chi connectivity index (χ2v) is 8.22. The van der Waals surface area contributed by atoms with Gasteiger partial charge in [0.2, 0.25) is 0 Å². The molecular formula is C27H23ClN4O. The monoisotopic (exact) mass is 454 g/mol.